The maximum Gasteiger partial charge on any atom is 0.416 e. The van der Waals surface area contributed by atoms with Crippen LogP contribution in [-0.2, 0) is 10.9 Å². The fraction of sp³-hybridized carbons (Fsp3) is 0.192. The van der Waals surface area contributed by atoms with Gasteiger partial charge in [-0.3, -0.25) is 4.98 Å². The van der Waals surface area contributed by atoms with Gasteiger partial charge in [0.15, 0.2) is 11.6 Å². The number of aromatic nitrogens is 2. The Labute approximate surface area is 214 Å². The number of nitrogens with one attached hydrogen (secondary N) is 2. The Morgan fingerprint density at radius 3 is 2.45 bits per heavy atom. The molecule has 1 saturated heterocycles. The number of ether oxygens (including phenoxy) is 2. The van der Waals surface area contributed by atoms with E-state index in [2.05, 4.69) is 25.5 Å². The first-order valence-electron chi connectivity index (χ1n) is 11.6. The summed E-state index contributed by atoms with van der Waals surface area (Å²) in [6, 6.07) is 12.1. The lowest BCUT2D eigenvalue weighted by atomic mass is 10.2. The van der Waals surface area contributed by atoms with Gasteiger partial charge in [0, 0.05) is 36.6 Å². The summed E-state index contributed by atoms with van der Waals surface area (Å²) < 4.78 is 64.4. The second kappa shape index (κ2) is 10.5. The van der Waals surface area contributed by atoms with Crippen LogP contribution >= 0.6 is 0 Å². The highest BCUT2D eigenvalue weighted by atomic mass is 19.4. The number of urea groups is 1. The van der Waals surface area contributed by atoms with Gasteiger partial charge in [-0.05, 0) is 42.5 Å². The van der Waals surface area contributed by atoms with Crippen molar-refractivity contribution in [1.82, 2.24) is 9.97 Å². The number of anilines is 3. The van der Waals surface area contributed by atoms with Crippen LogP contribution in [-0.4, -0.2) is 42.3 Å². The van der Waals surface area contributed by atoms with Crippen molar-refractivity contribution >= 4 is 34.3 Å². The molecule has 0 radical (unpaired) electrons. The van der Waals surface area contributed by atoms with Crippen LogP contribution in [0.25, 0.3) is 11.0 Å². The highest BCUT2D eigenvalue weighted by molar-refractivity contribution is 5.99. The smallest absolute Gasteiger partial charge is 0.416 e. The van der Waals surface area contributed by atoms with Crippen LogP contribution in [0.3, 0.4) is 0 Å². The van der Waals surface area contributed by atoms with Crippen molar-refractivity contribution in [2.24, 2.45) is 0 Å². The minimum Gasteiger partial charge on any atom is -0.454 e. The SMILES string of the molecule is O=C(Nc1cccc(C(F)(F)F)c1)Nc1ccc(Oc2ccc3ncc(N4CCOCC4)nc3c2)c(F)c1. The predicted octanol–water partition coefficient (Wildman–Crippen LogP) is 6.06. The van der Waals surface area contributed by atoms with Crippen LogP contribution in [0.4, 0.5) is 39.5 Å². The second-order valence-corrected chi connectivity index (χ2v) is 8.38. The van der Waals surface area contributed by atoms with Gasteiger partial charge in [0.25, 0.3) is 0 Å². The molecule has 2 N–H and O–H groups in total. The zero-order valence-electron chi connectivity index (χ0n) is 19.8. The molecule has 1 fully saturated rings. The summed E-state index contributed by atoms with van der Waals surface area (Å²) in [6.45, 7) is 2.64. The Kier molecular flexibility index (Phi) is 6.97. The molecule has 0 atom stereocenters. The summed E-state index contributed by atoms with van der Waals surface area (Å²) in [5.74, 6) is 0.205. The predicted molar refractivity (Wildman–Crippen MR) is 133 cm³/mol. The van der Waals surface area contributed by atoms with Gasteiger partial charge >= 0.3 is 12.2 Å². The van der Waals surface area contributed by atoms with E-state index in [9.17, 15) is 22.4 Å². The molecule has 0 unspecified atom stereocenters. The van der Waals surface area contributed by atoms with Gasteiger partial charge < -0.3 is 25.0 Å². The third-order valence-corrected chi connectivity index (χ3v) is 5.70. The van der Waals surface area contributed by atoms with Crippen LogP contribution in [0.1, 0.15) is 5.56 Å². The van der Waals surface area contributed by atoms with Crippen molar-refractivity contribution in [1.29, 1.82) is 0 Å². The maximum atomic E-state index is 14.7. The van der Waals surface area contributed by atoms with Crippen molar-refractivity contribution in [3.05, 3.63) is 78.2 Å². The largest absolute Gasteiger partial charge is 0.454 e. The molecule has 0 bridgehead atoms. The van der Waals surface area contributed by atoms with E-state index >= 15 is 0 Å². The fourth-order valence-electron chi connectivity index (χ4n) is 3.84. The van der Waals surface area contributed by atoms with Gasteiger partial charge in [0.05, 0.1) is 36.0 Å². The number of carbonyl (C=O) groups excluding carboxylic acids is 1. The average molecular weight is 527 g/mol. The zero-order valence-corrected chi connectivity index (χ0v) is 19.8. The standard InChI is InChI=1S/C26H21F4N5O3/c27-20-13-18(33-25(36)32-17-3-1-2-16(12-17)26(28,29)30)4-7-23(20)38-19-5-6-21-22(14-19)34-24(15-31-21)35-8-10-37-11-9-35/h1-7,12-15H,8-11H2,(H2,32,33,36). The molecule has 0 aliphatic carbocycles. The lowest BCUT2D eigenvalue weighted by molar-refractivity contribution is -0.137. The number of amides is 2. The van der Waals surface area contributed by atoms with Crippen LogP contribution in [0.2, 0.25) is 0 Å². The topological polar surface area (TPSA) is 88.6 Å². The minimum absolute atomic E-state index is 0.0612. The van der Waals surface area contributed by atoms with Crippen LogP contribution in [0.5, 0.6) is 11.5 Å². The molecular weight excluding hydrogens is 506 g/mol. The summed E-state index contributed by atoms with van der Waals surface area (Å²) in [5.41, 5.74) is 0.352. The molecule has 4 aromatic rings. The molecule has 1 aliphatic heterocycles. The van der Waals surface area contributed by atoms with E-state index in [1.54, 1.807) is 24.4 Å². The Morgan fingerprint density at radius 1 is 0.947 bits per heavy atom. The van der Waals surface area contributed by atoms with Gasteiger partial charge in [-0.2, -0.15) is 13.2 Å². The van der Waals surface area contributed by atoms with E-state index < -0.39 is 23.6 Å². The zero-order chi connectivity index (χ0) is 26.7. The van der Waals surface area contributed by atoms with Crippen molar-refractivity contribution in [3.63, 3.8) is 0 Å². The van der Waals surface area contributed by atoms with Gasteiger partial charge in [-0.15, -0.1) is 0 Å². The molecule has 3 aromatic carbocycles. The van der Waals surface area contributed by atoms with E-state index in [4.69, 9.17) is 9.47 Å². The van der Waals surface area contributed by atoms with Gasteiger partial charge in [0.2, 0.25) is 0 Å². The number of benzene rings is 3. The highest BCUT2D eigenvalue weighted by Gasteiger charge is 2.30. The van der Waals surface area contributed by atoms with E-state index in [-0.39, 0.29) is 17.1 Å². The molecule has 1 aromatic heterocycles. The molecule has 38 heavy (non-hydrogen) atoms. The number of hydrogen-bond acceptors (Lipinski definition) is 6. The lowest BCUT2D eigenvalue weighted by Gasteiger charge is -2.27. The van der Waals surface area contributed by atoms with Crippen molar-refractivity contribution < 1.29 is 31.8 Å². The number of halogens is 4. The number of morpholine rings is 1. The molecule has 12 heteroatoms. The second-order valence-electron chi connectivity index (χ2n) is 8.38. The number of hydrogen-bond donors (Lipinski definition) is 2. The fourth-order valence-corrected chi connectivity index (χ4v) is 3.84. The molecule has 2 amide bonds. The van der Waals surface area contributed by atoms with Crippen LogP contribution < -0.4 is 20.3 Å². The third-order valence-electron chi connectivity index (χ3n) is 5.70. The molecule has 0 saturated carbocycles. The molecule has 196 valence electrons. The summed E-state index contributed by atoms with van der Waals surface area (Å²) >= 11 is 0. The minimum atomic E-state index is -4.55. The summed E-state index contributed by atoms with van der Waals surface area (Å²) in [7, 11) is 0. The summed E-state index contributed by atoms with van der Waals surface area (Å²) in [6.07, 6.45) is -2.85. The number of carbonyl (C=O) groups is 1. The maximum absolute atomic E-state index is 14.7. The molecular formula is C26H21F4N5O3. The molecule has 5 rings (SSSR count). The van der Waals surface area contributed by atoms with Crippen LogP contribution in [0.15, 0.2) is 66.9 Å². The van der Waals surface area contributed by atoms with Crippen LogP contribution in [0, 0.1) is 5.82 Å². The number of rotatable bonds is 5. The Morgan fingerprint density at radius 2 is 1.71 bits per heavy atom. The normalized spacial score (nSPS) is 13.8. The van der Waals surface area contributed by atoms with Crippen molar-refractivity contribution in [2.45, 2.75) is 6.18 Å². The Bertz CT molecular complexity index is 1480. The van der Waals surface area contributed by atoms with Crippen molar-refractivity contribution in [2.75, 3.05) is 41.8 Å². The summed E-state index contributed by atoms with van der Waals surface area (Å²) in [4.78, 5) is 23.4. The number of nitrogens with zero attached hydrogens (tertiary/aromatic N) is 3. The third kappa shape index (κ3) is 5.92. The van der Waals surface area contributed by atoms with Gasteiger partial charge in [0.1, 0.15) is 11.6 Å². The average Bonchev–Trinajstić information content (AvgIpc) is 2.90. The van der Waals surface area contributed by atoms with Crippen molar-refractivity contribution in [3.8, 4) is 11.5 Å². The molecule has 8 nitrogen and oxygen atoms in total. The van der Waals surface area contributed by atoms with Gasteiger partial charge in [-0.1, -0.05) is 6.07 Å². The van der Waals surface area contributed by atoms with E-state index in [1.807, 2.05) is 0 Å². The quantitative estimate of drug-likeness (QED) is 0.307. The molecule has 2 heterocycles. The lowest BCUT2D eigenvalue weighted by Crippen LogP contribution is -2.36. The Hall–Kier alpha value is -4.45. The van der Waals surface area contributed by atoms with E-state index in [0.29, 0.717) is 48.9 Å². The highest BCUT2D eigenvalue weighted by Crippen LogP contribution is 2.31. The molecule has 0 spiro atoms. The van der Waals surface area contributed by atoms with E-state index in [0.717, 1.165) is 18.2 Å². The first-order valence-corrected chi connectivity index (χ1v) is 11.6. The Balaban J connectivity index is 1.26. The van der Waals surface area contributed by atoms with Gasteiger partial charge in [-0.25, -0.2) is 14.2 Å². The first-order chi connectivity index (χ1) is 18.2. The monoisotopic (exact) mass is 527 g/mol. The number of fused-ring (bicyclic) bond motifs is 1. The summed E-state index contributed by atoms with van der Waals surface area (Å²) in [5, 5.41) is 4.68. The number of alkyl halides is 3. The van der Waals surface area contributed by atoms with E-state index in [1.165, 1.54) is 24.3 Å². The first kappa shape index (κ1) is 25.2. The molecule has 1 aliphatic rings.